The quantitative estimate of drug-likeness (QED) is 0.880. The van der Waals surface area contributed by atoms with Crippen LogP contribution in [0.5, 0.6) is 0 Å². The van der Waals surface area contributed by atoms with Crippen molar-refractivity contribution in [2.45, 2.75) is 13.5 Å². The highest BCUT2D eigenvalue weighted by Crippen LogP contribution is 2.28. The first-order valence-corrected chi connectivity index (χ1v) is 5.43. The van der Waals surface area contributed by atoms with Gasteiger partial charge in [0.05, 0.1) is 11.6 Å². The fourth-order valence-electron chi connectivity index (χ4n) is 1.79. The summed E-state index contributed by atoms with van der Waals surface area (Å²) in [7, 11) is 1.49. The van der Waals surface area contributed by atoms with Gasteiger partial charge < -0.3 is 14.5 Å². The molecule has 0 radical (unpaired) electrons. The number of nitriles is 1. The van der Waals surface area contributed by atoms with E-state index < -0.39 is 6.09 Å². The van der Waals surface area contributed by atoms with Crippen molar-refractivity contribution in [2.24, 2.45) is 0 Å². The van der Waals surface area contributed by atoms with Crippen molar-refractivity contribution in [3.8, 4) is 6.07 Å². The van der Waals surface area contributed by atoms with Gasteiger partial charge in [-0.25, -0.2) is 4.79 Å². The van der Waals surface area contributed by atoms with Gasteiger partial charge in [-0.2, -0.15) is 5.26 Å². The zero-order chi connectivity index (χ0) is 13.1. The van der Waals surface area contributed by atoms with Gasteiger partial charge in [-0.15, -0.1) is 0 Å². The van der Waals surface area contributed by atoms with Gasteiger partial charge in [-0.1, -0.05) is 6.07 Å². The fraction of sp³-hybridized carbons (Fsp3) is 0.231. The maximum absolute atomic E-state index is 11.0. The second-order valence-electron chi connectivity index (χ2n) is 3.77. The van der Waals surface area contributed by atoms with Crippen LogP contribution >= 0.6 is 0 Å². The van der Waals surface area contributed by atoms with E-state index in [2.05, 4.69) is 11.4 Å². The van der Waals surface area contributed by atoms with Crippen LogP contribution in [0.15, 0.2) is 22.6 Å². The Morgan fingerprint density at radius 2 is 2.33 bits per heavy atom. The van der Waals surface area contributed by atoms with Gasteiger partial charge in [-0.05, 0) is 19.1 Å². The van der Waals surface area contributed by atoms with Gasteiger partial charge >= 0.3 is 6.09 Å². The predicted octanol–water partition coefficient (Wildman–Crippen LogP) is 2.47. The molecule has 0 atom stereocenters. The molecular weight excluding hydrogens is 232 g/mol. The second-order valence-corrected chi connectivity index (χ2v) is 3.77. The summed E-state index contributed by atoms with van der Waals surface area (Å²) >= 11 is 0. The Morgan fingerprint density at radius 1 is 1.56 bits per heavy atom. The molecule has 0 saturated heterocycles. The molecule has 0 bridgehead atoms. The molecule has 1 aromatic heterocycles. The van der Waals surface area contributed by atoms with Crippen molar-refractivity contribution in [1.82, 2.24) is 5.32 Å². The number of carbonyl (C=O) groups excluding carboxylic acids is 1. The van der Waals surface area contributed by atoms with Crippen LogP contribution < -0.4 is 5.32 Å². The summed E-state index contributed by atoms with van der Waals surface area (Å²) in [6, 6.07) is 7.39. The third kappa shape index (κ3) is 2.00. The van der Waals surface area contributed by atoms with Gasteiger partial charge in [0.15, 0.2) is 6.61 Å². The molecule has 1 heterocycles. The Hall–Kier alpha value is -2.48. The van der Waals surface area contributed by atoms with Crippen LogP contribution in [0, 0.1) is 18.3 Å². The highest BCUT2D eigenvalue weighted by Gasteiger charge is 2.14. The van der Waals surface area contributed by atoms with Crippen LogP contribution in [0.2, 0.25) is 0 Å². The van der Waals surface area contributed by atoms with Crippen molar-refractivity contribution >= 4 is 17.1 Å². The molecule has 0 fully saturated rings. The van der Waals surface area contributed by atoms with Crippen LogP contribution in [0.4, 0.5) is 4.79 Å². The first kappa shape index (κ1) is 12.0. The third-order valence-electron chi connectivity index (χ3n) is 2.71. The average Bonchev–Trinajstić information content (AvgIpc) is 2.73. The van der Waals surface area contributed by atoms with Crippen molar-refractivity contribution in [3.63, 3.8) is 0 Å². The van der Waals surface area contributed by atoms with Crippen molar-refractivity contribution in [3.05, 3.63) is 35.1 Å². The topological polar surface area (TPSA) is 75.3 Å². The maximum atomic E-state index is 11.0. The SMILES string of the molecule is CNC(=O)OCc1oc2cccc(C#N)c2c1C. The summed E-state index contributed by atoms with van der Waals surface area (Å²) in [6.45, 7) is 1.89. The summed E-state index contributed by atoms with van der Waals surface area (Å²) < 4.78 is 10.5. The summed E-state index contributed by atoms with van der Waals surface area (Å²) in [5, 5.41) is 12.2. The van der Waals surface area contributed by atoms with E-state index in [0.717, 1.165) is 10.9 Å². The number of benzene rings is 1. The van der Waals surface area contributed by atoms with E-state index >= 15 is 0 Å². The molecule has 2 rings (SSSR count). The van der Waals surface area contributed by atoms with Crippen LogP contribution in [0.25, 0.3) is 11.0 Å². The number of nitrogens with zero attached hydrogens (tertiary/aromatic N) is 1. The molecule has 0 unspecified atom stereocenters. The maximum Gasteiger partial charge on any atom is 0.407 e. The first-order chi connectivity index (χ1) is 8.67. The molecule has 0 aliphatic heterocycles. The molecule has 2 aromatic rings. The van der Waals surface area contributed by atoms with Gasteiger partial charge in [0.1, 0.15) is 11.3 Å². The Labute approximate surface area is 104 Å². The number of nitrogens with one attached hydrogen (secondary N) is 1. The number of aryl methyl sites for hydroxylation is 1. The van der Waals surface area contributed by atoms with Gasteiger partial charge in [0.25, 0.3) is 0 Å². The minimum atomic E-state index is -0.518. The van der Waals surface area contributed by atoms with Crippen LogP contribution in [0.3, 0.4) is 0 Å². The molecule has 0 spiro atoms. The molecular formula is C13H12N2O3. The van der Waals surface area contributed by atoms with E-state index in [-0.39, 0.29) is 6.61 Å². The Kier molecular flexibility index (Phi) is 3.20. The number of furan rings is 1. The lowest BCUT2D eigenvalue weighted by Crippen LogP contribution is -2.18. The lowest BCUT2D eigenvalue weighted by molar-refractivity contribution is 0.134. The van der Waals surface area contributed by atoms with E-state index in [9.17, 15) is 4.79 Å². The lowest BCUT2D eigenvalue weighted by Gasteiger charge is -2.01. The molecule has 1 amide bonds. The molecule has 18 heavy (non-hydrogen) atoms. The van der Waals surface area contributed by atoms with E-state index in [0.29, 0.717) is 16.9 Å². The zero-order valence-electron chi connectivity index (χ0n) is 10.1. The largest absolute Gasteiger partial charge is 0.457 e. The first-order valence-electron chi connectivity index (χ1n) is 5.43. The highest BCUT2D eigenvalue weighted by atomic mass is 16.6. The molecule has 1 N–H and O–H groups in total. The lowest BCUT2D eigenvalue weighted by atomic mass is 10.1. The number of alkyl carbamates (subject to hydrolysis) is 1. The number of carbonyl (C=O) groups is 1. The average molecular weight is 244 g/mol. The predicted molar refractivity (Wildman–Crippen MR) is 64.9 cm³/mol. The Bertz CT molecular complexity index is 637. The minimum Gasteiger partial charge on any atom is -0.457 e. The summed E-state index contributed by atoms with van der Waals surface area (Å²) in [6.07, 6.45) is -0.518. The Morgan fingerprint density at radius 3 is 3.00 bits per heavy atom. The van der Waals surface area contributed by atoms with Crippen molar-refractivity contribution in [2.75, 3.05) is 7.05 Å². The highest BCUT2D eigenvalue weighted by molar-refractivity contribution is 5.87. The molecule has 92 valence electrons. The van der Waals surface area contributed by atoms with Gasteiger partial charge in [-0.3, -0.25) is 0 Å². The molecule has 5 nitrogen and oxygen atoms in total. The molecule has 1 aromatic carbocycles. The summed E-state index contributed by atoms with van der Waals surface area (Å²) in [4.78, 5) is 11.0. The number of ether oxygens (including phenoxy) is 1. The molecule has 0 saturated carbocycles. The Balaban J connectivity index is 2.39. The second kappa shape index (κ2) is 4.80. The summed E-state index contributed by atoms with van der Waals surface area (Å²) in [5.41, 5.74) is 2.01. The number of fused-ring (bicyclic) bond motifs is 1. The van der Waals surface area contributed by atoms with Gasteiger partial charge in [0, 0.05) is 18.0 Å². The zero-order valence-corrected chi connectivity index (χ0v) is 10.1. The van der Waals surface area contributed by atoms with E-state index in [1.54, 1.807) is 18.2 Å². The molecule has 5 heteroatoms. The van der Waals surface area contributed by atoms with Crippen LogP contribution in [-0.4, -0.2) is 13.1 Å². The van der Waals surface area contributed by atoms with E-state index in [4.69, 9.17) is 14.4 Å². The third-order valence-corrected chi connectivity index (χ3v) is 2.71. The van der Waals surface area contributed by atoms with Crippen molar-refractivity contribution < 1.29 is 13.9 Å². The van der Waals surface area contributed by atoms with Crippen molar-refractivity contribution in [1.29, 1.82) is 5.26 Å². The van der Waals surface area contributed by atoms with Crippen LogP contribution in [-0.2, 0) is 11.3 Å². The van der Waals surface area contributed by atoms with E-state index in [1.165, 1.54) is 7.05 Å². The van der Waals surface area contributed by atoms with E-state index in [1.807, 2.05) is 6.92 Å². The normalized spacial score (nSPS) is 10.1. The minimum absolute atomic E-state index is 0.0467. The number of rotatable bonds is 2. The summed E-state index contributed by atoms with van der Waals surface area (Å²) in [5.74, 6) is 0.552. The standard InChI is InChI=1S/C13H12N2O3/c1-8-11(7-17-13(16)15-2)18-10-5-3-4-9(6-14)12(8)10/h3-5H,7H2,1-2H3,(H,15,16). The molecule has 0 aliphatic rings. The number of amides is 1. The van der Waals surface area contributed by atoms with Crippen LogP contribution in [0.1, 0.15) is 16.9 Å². The number of hydrogen-bond donors (Lipinski definition) is 1. The monoisotopic (exact) mass is 244 g/mol. The van der Waals surface area contributed by atoms with Gasteiger partial charge in [0.2, 0.25) is 0 Å². The molecule has 0 aliphatic carbocycles. The number of hydrogen-bond acceptors (Lipinski definition) is 4. The smallest absolute Gasteiger partial charge is 0.407 e. The fourth-order valence-corrected chi connectivity index (χ4v) is 1.79.